The van der Waals surface area contributed by atoms with E-state index in [1.165, 1.54) is 12.8 Å². The Balaban J connectivity index is 1.66. The van der Waals surface area contributed by atoms with Crippen molar-refractivity contribution in [2.45, 2.75) is 58.5 Å². The largest absolute Gasteiger partial charge is 0.454 e. The molecule has 34 heavy (non-hydrogen) atoms. The number of fused-ring (bicyclic) bond motifs is 1. The second-order valence-electron chi connectivity index (χ2n) is 8.49. The maximum Gasteiger partial charge on any atom is 0.242 e. The van der Waals surface area contributed by atoms with Crippen molar-refractivity contribution in [1.82, 2.24) is 9.80 Å². The SMILES string of the molecule is CCCCCCCC(=O)N(CCOC)CC(=O)N(Cc1ccc2c(c1)OCO2)Cc1cccs1. The van der Waals surface area contributed by atoms with E-state index in [1.807, 2.05) is 35.7 Å². The van der Waals surface area contributed by atoms with Crippen LogP contribution < -0.4 is 9.47 Å². The maximum absolute atomic E-state index is 13.4. The summed E-state index contributed by atoms with van der Waals surface area (Å²) in [6.45, 7) is 4.17. The van der Waals surface area contributed by atoms with Crippen LogP contribution >= 0.6 is 11.3 Å². The van der Waals surface area contributed by atoms with Crippen LogP contribution in [0, 0.1) is 0 Å². The molecule has 0 spiro atoms. The lowest BCUT2D eigenvalue weighted by molar-refractivity contribution is -0.141. The molecule has 2 aromatic rings. The zero-order valence-corrected chi connectivity index (χ0v) is 21.1. The normalized spacial score (nSPS) is 12.1. The number of amides is 2. The molecule has 8 heteroatoms. The Morgan fingerprint density at radius 1 is 1.00 bits per heavy atom. The van der Waals surface area contributed by atoms with Crippen LogP contribution in [0.1, 0.15) is 55.9 Å². The smallest absolute Gasteiger partial charge is 0.242 e. The molecule has 2 heterocycles. The highest BCUT2D eigenvalue weighted by molar-refractivity contribution is 7.09. The molecule has 1 aromatic carbocycles. The van der Waals surface area contributed by atoms with E-state index in [9.17, 15) is 9.59 Å². The third kappa shape index (κ3) is 8.02. The Morgan fingerprint density at radius 2 is 1.82 bits per heavy atom. The Hall–Kier alpha value is -2.58. The molecule has 0 N–H and O–H groups in total. The third-order valence-corrected chi connectivity index (χ3v) is 6.69. The van der Waals surface area contributed by atoms with Gasteiger partial charge in [0.15, 0.2) is 11.5 Å². The van der Waals surface area contributed by atoms with Gasteiger partial charge in [0.25, 0.3) is 0 Å². The molecule has 0 aliphatic carbocycles. The van der Waals surface area contributed by atoms with Gasteiger partial charge in [-0.3, -0.25) is 9.59 Å². The lowest BCUT2D eigenvalue weighted by atomic mass is 10.1. The van der Waals surface area contributed by atoms with Gasteiger partial charge < -0.3 is 24.0 Å². The fourth-order valence-corrected chi connectivity index (χ4v) is 4.60. The van der Waals surface area contributed by atoms with Crippen molar-refractivity contribution in [2.24, 2.45) is 0 Å². The fourth-order valence-electron chi connectivity index (χ4n) is 3.88. The summed E-state index contributed by atoms with van der Waals surface area (Å²) in [4.78, 5) is 30.9. The molecule has 1 aromatic heterocycles. The van der Waals surface area contributed by atoms with Crippen molar-refractivity contribution >= 4 is 23.2 Å². The van der Waals surface area contributed by atoms with Crippen LogP contribution in [0.2, 0.25) is 0 Å². The van der Waals surface area contributed by atoms with E-state index in [1.54, 1.807) is 28.2 Å². The van der Waals surface area contributed by atoms with Gasteiger partial charge in [0, 0.05) is 31.5 Å². The van der Waals surface area contributed by atoms with Gasteiger partial charge in [-0.15, -0.1) is 11.3 Å². The van der Waals surface area contributed by atoms with Gasteiger partial charge in [0.05, 0.1) is 19.7 Å². The number of thiophene rings is 1. The van der Waals surface area contributed by atoms with Crippen LogP contribution in [-0.4, -0.2) is 55.2 Å². The predicted molar refractivity (Wildman–Crippen MR) is 133 cm³/mol. The van der Waals surface area contributed by atoms with E-state index >= 15 is 0 Å². The monoisotopic (exact) mass is 488 g/mol. The van der Waals surface area contributed by atoms with E-state index in [0.717, 1.165) is 35.5 Å². The first-order chi connectivity index (χ1) is 16.6. The maximum atomic E-state index is 13.4. The molecule has 0 saturated carbocycles. The first-order valence-electron chi connectivity index (χ1n) is 12.1. The van der Waals surface area contributed by atoms with Crippen LogP contribution in [0.4, 0.5) is 0 Å². The summed E-state index contributed by atoms with van der Waals surface area (Å²) in [6, 6.07) is 9.75. The number of rotatable bonds is 15. The van der Waals surface area contributed by atoms with Crippen molar-refractivity contribution in [3.8, 4) is 11.5 Å². The van der Waals surface area contributed by atoms with E-state index < -0.39 is 0 Å². The molecule has 186 valence electrons. The quantitative estimate of drug-likeness (QED) is 0.336. The lowest BCUT2D eigenvalue weighted by Crippen LogP contribution is -2.43. The summed E-state index contributed by atoms with van der Waals surface area (Å²) in [5.41, 5.74) is 0.958. The Bertz CT molecular complexity index is 903. The molecule has 0 bridgehead atoms. The summed E-state index contributed by atoms with van der Waals surface area (Å²) >= 11 is 1.62. The molecule has 0 radical (unpaired) electrons. The number of nitrogens with zero attached hydrogens (tertiary/aromatic N) is 2. The molecule has 0 atom stereocenters. The Kier molecular flexibility index (Phi) is 10.7. The summed E-state index contributed by atoms with van der Waals surface area (Å²) in [6.07, 6.45) is 5.87. The van der Waals surface area contributed by atoms with Gasteiger partial charge in [0.1, 0.15) is 0 Å². The van der Waals surface area contributed by atoms with Crippen LogP contribution in [0.25, 0.3) is 0 Å². The first kappa shape index (κ1) is 26.0. The molecule has 1 aliphatic rings. The van der Waals surface area contributed by atoms with Crippen molar-refractivity contribution in [2.75, 3.05) is 33.6 Å². The van der Waals surface area contributed by atoms with Crippen molar-refractivity contribution in [1.29, 1.82) is 0 Å². The van der Waals surface area contributed by atoms with Crippen LogP contribution in [0.15, 0.2) is 35.7 Å². The zero-order chi connectivity index (χ0) is 24.2. The molecule has 3 rings (SSSR count). The number of carbonyl (C=O) groups excluding carboxylic acids is 2. The minimum absolute atomic E-state index is 0.0149. The van der Waals surface area contributed by atoms with Crippen molar-refractivity contribution in [3.63, 3.8) is 0 Å². The van der Waals surface area contributed by atoms with E-state index in [0.29, 0.717) is 38.4 Å². The summed E-state index contributed by atoms with van der Waals surface area (Å²) in [5, 5.41) is 2.01. The second kappa shape index (κ2) is 14.0. The number of ether oxygens (including phenoxy) is 3. The standard InChI is InChI=1S/C26H36N2O5S/c1-3-4-5-6-7-10-25(29)27(13-14-31-2)19-26(30)28(18-22-9-8-15-34-22)17-21-11-12-23-24(16-21)33-20-32-23/h8-9,11-12,15-16H,3-7,10,13-14,17-20H2,1-2H3. The van der Waals surface area contributed by atoms with Gasteiger partial charge in [-0.05, 0) is 35.6 Å². The predicted octanol–water partition coefficient (Wildman–Crippen LogP) is 4.84. The highest BCUT2D eigenvalue weighted by Gasteiger charge is 2.23. The Morgan fingerprint density at radius 3 is 2.59 bits per heavy atom. The van der Waals surface area contributed by atoms with E-state index in [-0.39, 0.29) is 25.2 Å². The average Bonchev–Trinajstić information content (AvgIpc) is 3.52. The van der Waals surface area contributed by atoms with Crippen LogP contribution in [0.5, 0.6) is 11.5 Å². The highest BCUT2D eigenvalue weighted by atomic mass is 32.1. The minimum Gasteiger partial charge on any atom is -0.454 e. The molecule has 1 aliphatic heterocycles. The molecular weight excluding hydrogens is 452 g/mol. The lowest BCUT2D eigenvalue weighted by Gasteiger charge is -2.28. The fraction of sp³-hybridized carbons (Fsp3) is 0.538. The minimum atomic E-state index is -0.0819. The third-order valence-electron chi connectivity index (χ3n) is 5.83. The summed E-state index contributed by atoms with van der Waals surface area (Å²) in [7, 11) is 1.61. The first-order valence-corrected chi connectivity index (χ1v) is 12.9. The second-order valence-corrected chi connectivity index (χ2v) is 9.52. The van der Waals surface area contributed by atoms with Gasteiger partial charge in [-0.2, -0.15) is 0 Å². The van der Waals surface area contributed by atoms with Gasteiger partial charge in [-0.25, -0.2) is 0 Å². The number of benzene rings is 1. The molecule has 0 unspecified atom stereocenters. The van der Waals surface area contributed by atoms with E-state index in [4.69, 9.17) is 14.2 Å². The highest BCUT2D eigenvalue weighted by Crippen LogP contribution is 2.33. The average molecular weight is 489 g/mol. The van der Waals surface area contributed by atoms with Crippen molar-refractivity contribution in [3.05, 3.63) is 46.2 Å². The Labute approximate surface area is 206 Å². The van der Waals surface area contributed by atoms with Crippen molar-refractivity contribution < 1.29 is 23.8 Å². The summed E-state index contributed by atoms with van der Waals surface area (Å²) in [5.74, 6) is 1.35. The molecule has 0 saturated heterocycles. The number of carbonyl (C=O) groups is 2. The number of unbranched alkanes of at least 4 members (excludes halogenated alkanes) is 4. The van der Waals surface area contributed by atoms with Gasteiger partial charge in [-0.1, -0.05) is 44.7 Å². The van der Waals surface area contributed by atoms with Crippen LogP contribution in [-0.2, 0) is 27.4 Å². The number of methoxy groups -OCH3 is 1. The number of hydrogen-bond acceptors (Lipinski definition) is 6. The molecule has 2 amide bonds. The molecule has 7 nitrogen and oxygen atoms in total. The van der Waals surface area contributed by atoms with Gasteiger partial charge >= 0.3 is 0 Å². The molecule has 0 fully saturated rings. The van der Waals surface area contributed by atoms with Crippen LogP contribution in [0.3, 0.4) is 0 Å². The number of hydrogen-bond donors (Lipinski definition) is 0. The topological polar surface area (TPSA) is 68.3 Å². The zero-order valence-electron chi connectivity index (χ0n) is 20.3. The van der Waals surface area contributed by atoms with Gasteiger partial charge in [0.2, 0.25) is 18.6 Å². The molecular formula is C26H36N2O5S. The van der Waals surface area contributed by atoms with E-state index in [2.05, 4.69) is 6.92 Å². The summed E-state index contributed by atoms with van der Waals surface area (Å²) < 4.78 is 16.1.